The van der Waals surface area contributed by atoms with Crippen LogP contribution in [0.2, 0.25) is 0 Å². The van der Waals surface area contributed by atoms with Gasteiger partial charge >= 0.3 is 6.09 Å². The second kappa shape index (κ2) is 9.93. The Hall–Kier alpha value is -2.33. The summed E-state index contributed by atoms with van der Waals surface area (Å²) in [5, 5.41) is 2.82. The van der Waals surface area contributed by atoms with E-state index in [1.165, 1.54) is 36.8 Å². The fourth-order valence-electron chi connectivity index (χ4n) is 4.34. The van der Waals surface area contributed by atoms with Crippen molar-refractivity contribution in [3.05, 3.63) is 59.7 Å². The first-order chi connectivity index (χ1) is 13.9. The number of hydrogen-bond acceptors (Lipinski definition) is 3. The summed E-state index contributed by atoms with van der Waals surface area (Å²) < 4.78 is 5.58. The van der Waals surface area contributed by atoms with E-state index in [0.717, 1.165) is 12.2 Å². The Labute approximate surface area is 175 Å². The van der Waals surface area contributed by atoms with Crippen molar-refractivity contribution in [2.24, 2.45) is 5.92 Å². The van der Waals surface area contributed by atoms with Gasteiger partial charge in [0, 0.05) is 12.2 Å². The van der Waals surface area contributed by atoms with Crippen molar-refractivity contribution in [1.29, 1.82) is 0 Å². The summed E-state index contributed by atoms with van der Waals surface area (Å²) in [6.07, 6.45) is 4.60. The maximum atomic E-state index is 12.4. The van der Waals surface area contributed by atoms with Crippen molar-refractivity contribution in [3.8, 4) is 5.75 Å². The van der Waals surface area contributed by atoms with Crippen LogP contribution in [0.3, 0.4) is 0 Å². The highest BCUT2D eigenvalue weighted by Crippen LogP contribution is 2.39. The van der Waals surface area contributed by atoms with E-state index in [9.17, 15) is 4.79 Å². The maximum Gasteiger partial charge on any atom is 0.417 e. The molecule has 156 valence electrons. The summed E-state index contributed by atoms with van der Waals surface area (Å²) in [5.41, 5.74) is 3.27. The molecule has 0 saturated heterocycles. The average Bonchev–Trinajstić information content (AvgIpc) is 2.68. The lowest BCUT2D eigenvalue weighted by atomic mass is 9.75. The second-order valence-electron chi connectivity index (χ2n) is 8.78. The zero-order valence-electron chi connectivity index (χ0n) is 18.2. The van der Waals surface area contributed by atoms with Crippen molar-refractivity contribution in [2.75, 3.05) is 26.0 Å². The van der Waals surface area contributed by atoms with E-state index in [1.807, 2.05) is 42.5 Å². The van der Waals surface area contributed by atoms with Crippen LogP contribution in [0.25, 0.3) is 0 Å². The molecule has 1 saturated carbocycles. The lowest BCUT2D eigenvalue weighted by molar-refractivity contribution is 0.214. The lowest BCUT2D eigenvalue weighted by Crippen LogP contribution is -2.29. The molecule has 0 radical (unpaired) electrons. The topological polar surface area (TPSA) is 41.6 Å². The van der Waals surface area contributed by atoms with Gasteiger partial charge in [-0.2, -0.15) is 0 Å². The molecule has 1 amide bonds. The maximum absolute atomic E-state index is 12.4. The van der Waals surface area contributed by atoms with E-state index in [4.69, 9.17) is 4.74 Å². The molecule has 0 bridgehead atoms. The second-order valence-corrected chi connectivity index (χ2v) is 8.78. The summed E-state index contributed by atoms with van der Waals surface area (Å²) in [5.74, 6) is 2.26. The molecule has 2 aromatic rings. The molecule has 0 aromatic heterocycles. The van der Waals surface area contributed by atoms with Gasteiger partial charge in [0.25, 0.3) is 0 Å². The molecule has 0 aliphatic heterocycles. The van der Waals surface area contributed by atoms with E-state index < -0.39 is 6.09 Å². The molecular formula is C25H34N2O2. The number of nitrogens with zero attached hydrogens (tertiary/aromatic N) is 1. The normalized spacial score (nSPS) is 19.4. The molecule has 0 heterocycles. The van der Waals surface area contributed by atoms with Gasteiger partial charge < -0.3 is 9.64 Å². The fourth-order valence-corrected chi connectivity index (χ4v) is 4.34. The van der Waals surface area contributed by atoms with Gasteiger partial charge in [0.1, 0.15) is 5.75 Å². The molecule has 1 N–H and O–H groups in total. The van der Waals surface area contributed by atoms with Crippen LogP contribution >= 0.6 is 0 Å². The highest BCUT2D eigenvalue weighted by atomic mass is 16.6. The van der Waals surface area contributed by atoms with Gasteiger partial charge in [0.2, 0.25) is 0 Å². The van der Waals surface area contributed by atoms with Crippen molar-refractivity contribution >= 4 is 11.8 Å². The third kappa shape index (κ3) is 6.07. The molecule has 4 heteroatoms. The molecule has 0 unspecified atom stereocenters. The van der Waals surface area contributed by atoms with Gasteiger partial charge in [-0.15, -0.1) is 0 Å². The average molecular weight is 395 g/mol. The smallest absolute Gasteiger partial charge is 0.410 e. The number of amides is 1. The highest BCUT2D eigenvalue weighted by molar-refractivity contribution is 5.86. The van der Waals surface area contributed by atoms with Crippen molar-refractivity contribution in [3.63, 3.8) is 0 Å². The Balaban J connectivity index is 1.65. The Morgan fingerprint density at radius 2 is 1.83 bits per heavy atom. The number of carbonyl (C=O) groups excluding carboxylic acids is 1. The molecule has 4 nitrogen and oxygen atoms in total. The van der Waals surface area contributed by atoms with E-state index in [-0.39, 0.29) is 0 Å². The van der Waals surface area contributed by atoms with E-state index in [2.05, 4.69) is 44.2 Å². The van der Waals surface area contributed by atoms with Gasteiger partial charge in [-0.25, -0.2) is 4.79 Å². The van der Waals surface area contributed by atoms with Crippen LogP contribution in [-0.4, -0.2) is 31.6 Å². The minimum Gasteiger partial charge on any atom is -0.410 e. The molecule has 1 aliphatic rings. The van der Waals surface area contributed by atoms with Crippen LogP contribution in [-0.2, 0) is 0 Å². The third-order valence-electron chi connectivity index (χ3n) is 5.83. The van der Waals surface area contributed by atoms with E-state index >= 15 is 0 Å². The summed E-state index contributed by atoms with van der Waals surface area (Å²) in [6, 6.07) is 16.0. The summed E-state index contributed by atoms with van der Waals surface area (Å²) in [7, 11) is 4.28. The van der Waals surface area contributed by atoms with Crippen molar-refractivity contribution in [2.45, 2.75) is 51.4 Å². The Bertz CT molecular complexity index is 799. The lowest BCUT2D eigenvalue weighted by Gasteiger charge is -2.34. The summed E-state index contributed by atoms with van der Waals surface area (Å²) in [4.78, 5) is 14.6. The quantitative estimate of drug-likeness (QED) is 0.629. The molecule has 2 atom stereocenters. The standard InChI is InChI=1S/C25H34N2O2/c1-18(2)19-12-14-22(15-13-19)26-25(28)29-23-10-7-9-20(16-23)24-11-6-5-8-21(24)17-27(3)4/h7,9-10,12-16,18,21,24H,5-6,8,11,17H2,1-4H3,(H,26,28)/t21-,24+/m0/s1. The van der Waals surface area contributed by atoms with Gasteiger partial charge in [-0.1, -0.05) is 51.0 Å². The van der Waals surface area contributed by atoms with Crippen LogP contribution < -0.4 is 10.1 Å². The number of benzene rings is 2. The first kappa shape index (κ1) is 21.4. The van der Waals surface area contributed by atoms with E-state index in [0.29, 0.717) is 23.5 Å². The van der Waals surface area contributed by atoms with Crippen LogP contribution in [0, 0.1) is 5.92 Å². The van der Waals surface area contributed by atoms with Gasteiger partial charge in [-0.05, 0) is 80.1 Å². The van der Waals surface area contributed by atoms with E-state index in [1.54, 1.807) is 0 Å². The van der Waals surface area contributed by atoms with Gasteiger partial charge in [0.15, 0.2) is 0 Å². The minimum absolute atomic E-state index is 0.451. The Morgan fingerprint density at radius 1 is 1.10 bits per heavy atom. The summed E-state index contributed by atoms with van der Waals surface area (Å²) in [6.45, 7) is 5.40. The number of anilines is 1. The van der Waals surface area contributed by atoms with Gasteiger partial charge in [-0.3, -0.25) is 5.32 Å². The zero-order chi connectivity index (χ0) is 20.8. The first-order valence-corrected chi connectivity index (χ1v) is 10.8. The van der Waals surface area contributed by atoms with Crippen LogP contribution in [0.5, 0.6) is 5.75 Å². The first-order valence-electron chi connectivity index (χ1n) is 10.8. The van der Waals surface area contributed by atoms with Crippen LogP contribution in [0.1, 0.15) is 62.5 Å². The number of carbonyl (C=O) groups is 1. The number of rotatable bonds is 6. The number of ether oxygens (including phenoxy) is 1. The van der Waals surface area contributed by atoms with Crippen LogP contribution in [0.4, 0.5) is 10.5 Å². The molecule has 1 fully saturated rings. The Morgan fingerprint density at radius 3 is 2.52 bits per heavy atom. The van der Waals surface area contributed by atoms with Crippen molar-refractivity contribution in [1.82, 2.24) is 4.90 Å². The monoisotopic (exact) mass is 394 g/mol. The molecule has 29 heavy (non-hydrogen) atoms. The predicted molar refractivity (Wildman–Crippen MR) is 120 cm³/mol. The zero-order valence-corrected chi connectivity index (χ0v) is 18.2. The molecule has 0 spiro atoms. The highest BCUT2D eigenvalue weighted by Gasteiger charge is 2.27. The Kier molecular flexibility index (Phi) is 7.32. The number of nitrogens with one attached hydrogen (secondary N) is 1. The molecular weight excluding hydrogens is 360 g/mol. The largest absolute Gasteiger partial charge is 0.417 e. The molecule has 1 aliphatic carbocycles. The molecule has 3 rings (SSSR count). The minimum atomic E-state index is -0.451. The fraction of sp³-hybridized carbons (Fsp3) is 0.480. The predicted octanol–water partition coefficient (Wildman–Crippen LogP) is 6.26. The SMILES string of the molecule is CC(C)c1ccc(NC(=O)Oc2cccc([C@H]3CCCC[C@H]3CN(C)C)c2)cc1. The third-order valence-corrected chi connectivity index (χ3v) is 5.83. The number of hydrogen-bond donors (Lipinski definition) is 1. The van der Waals surface area contributed by atoms with Gasteiger partial charge in [0.05, 0.1) is 0 Å². The van der Waals surface area contributed by atoms with Crippen molar-refractivity contribution < 1.29 is 9.53 Å². The molecule has 2 aromatic carbocycles. The van der Waals surface area contributed by atoms with Crippen LogP contribution in [0.15, 0.2) is 48.5 Å². The summed E-state index contributed by atoms with van der Waals surface area (Å²) >= 11 is 0.